The molecule has 0 nitrogen and oxygen atoms in total. The largest absolute Gasteiger partial charge is 0.0594 e. The van der Waals surface area contributed by atoms with Crippen molar-refractivity contribution in [3.63, 3.8) is 0 Å². The lowest BCUT2D eigenvalue weighted by atomic mass is 9.66. The van der Waals surface area contributed by atoms with E-state index in [0.717, 1.165) is 17.8 Å². The molecule has 2 aliphatic rings. The zero-order valence-electron chi connectivity index (χ0n) is 9.89. The van der Waals surface area contributed by atoms with Crippen LogP contribution < -0.4 is 0 Å². The molecule has 0 N–H and O–H groups in total. The van der Waals surface area contributed by atoms with Crippen LogP contribution >= 0.6 is 0 Å². The predicted molar refractivity (Wildman–Crippen MR) is 62.0 cm³/mol. The highest BCUT2D eigenvalue weighted by molar-refractivity contribution is 4.88. The fourth-order valence-corrected chi connectivity index (χ4v) is 3.73. The smallest absolute Gasteiger partial charge is 0.0300 e. The third kappa shape index (κ3) is 2.52. The van der Waals surface area contributed by atoms with Crippen molar-refractivity contribution in [1.82, 2.24) is 0 Å². The molecule has 3 unspecified atom stereocenters. The van der Waals surface area contributed by atoms with E-state index in [0.29, 0.717) is 0 Å². The minimum Gasteiger partial charge on any atom is -0.0594 e. The van der Waals surface area contributed by atoms with Gasteiger partial charge in [0.15, 0.2) is 0 Å². The highest BCUT2D eigenvalue weighted by atomic mass is 14.4. The summed E-state index contributed by atoms with van der Waals surface area (Å²) in [5, 5.41) is 0. The molecule has 2 rings (SSSR count). The molecule has 0 aliphatic heterocycles. The van der Waals surface area contributed by atoms with Crippen molar-refractivity contribution in [2.24, 2.45) is 17.8 Å². The summed E-state index contributed by atoms with van der Waals surface area (Å²) in [5.41, 5.74) is 0. The van der Waals surface area contributed by atoms with Gasteiger partial charge >= 0.3 is 0 Å². The second-order valence-corrected chi connectivity index (χ2v) is 5.89. The Labute approximate surface area is 89.5 Å². The van der Waals surface area contributed by atoms with Crippen molar-refractivity contribution < 1.29 is 0 Å². The van der Waals surface area contributed by atoms with Gasteiger partial charge in [0.2, 0.25) is 0 Å². The molecule has 2 fully saturated rings. The van der Waals surface area contributed by atoms with Crippen LogP contribution in [0, 0.1) is 23.7 Å². The summed E-state index contributed by atoms with van der Waals surface area (Å²) < 4.78 is 0. The van der Waals surface area contributed by atoms with Gasteiger partial charge in [-0.3, -0.25) is 0 Å². The highest BCUT2D eigenvalue weighted by Gasteiger charge is 2.31. The summed E-state index contributed by atoms with van der Waals surface area (Å²) in [6.07, 6.45) is 12.2. The molecule has 1 radical (unpaired) electrons. The molecule has 0 saturated heterocycles. The van der Waals surface area contributed by atoms with E-state index in [-0.39, 0.29) is 0 Å². The first-order valence-corrected chi connectivity index (χ1v) is 6.54. The van der Waals surface area contributed by atoms with Crippen LogP contribution in [0.1, 0.15) is 65.2 Å². The van der Waals surface area contributed by atoms with E-state index in [1.54, 1.807) is 31.6 Å². The molecule has 0 heteroatoms. The maximum Gasteiger partial charge on any atom is -0.0300 e. The molecule has 14 heavy (non-hydrogen) atoms. The van der Waals surface area contributed by atoms with E-state index in [9.17, 15) is 0 Å². The second kappa shape index (κ2) is 4.68. The van der Waals surface area contributed by atoms with E-state index in [2.05, 4.69) is 13.8 Å². The van der Waals surface area contributed by atoms with Crippen molar-refractivity contribution in [3.05, 3.63) is 5.92 Å². The normalized spacial score (nSPS) is 38.4. The van der Waals surface area contributed by atoms with Crippen molar-refractivity contribution in [2.45, 2.75) is 65.2 Å². The first-order valence-electron chi connectivity index (χ1n) is 6.54. The van der Waals surface area contributed by atoms with Gasteiger partial charge in [0.1, 0.15) is 0 Å². The van der Waals surface area contributed by atoms with Crippen molar-refractivity contribution in [2.75, 3.05) is 0 Å². The van der Waals surface area contributed by atoms with Crippen LogP contribution in [0.2, 0.25) is 0 Å². The van der Waals surface area contributed by atoms with Gasteiger partial charge in [0.25, 0.3) is 0 Å². The van der Waals surface area contributed by atoms with Crippen LogP contribution in [0.25, 0.3) is 0 Å². The summed E-state index contributed by atoms with van der Waals surface area (Å²) >= 11 is 0. The first kappa shape index (κ1) is 10.5. The van der Waals surface area contributed by atoms with Crippen LogP contribution in [0.4, 0.5) is 0 Å². The SMILES string of the molecule is C[C](C)CC1CCC2CCCCC2C1. The van der Waals surface area contributed by atoms with Crippen molar-refractivity contribution in [3.8, 4) is 0 Å². The van der Waals surface area contributed by atoms with Gasteiger partial charge in [-0.25, -0.2) is 0 Å². The molecule has 2 aliphatic carbocycles. The number of fused-ring (bicyclic) bond motifs is 1. The monoisotopic (exact) mass is 193 g/mol. The first-order chi connectivity index (χ1) is 6.75. The Kier molecular flexibility index (Phi) is 3.52. The topological polar surface area (TPSA) is 0 Å². The fraction of sp³-hybridized carbons (Fsp3) is 0.929. The number of hydrogen-bond acceptors (Lipinski definition) is 0. The van der Waals surface area contributed by atoms with Crippen LogP contribution in [0.15, 0.2) is 0 Å². The average molecular weight is 193 g/mol. The Morgan fingerprint density at radius 2 is 1.64 bits per heavy atom. The molecular formula is C14H25. The molecular weight excluding hydrogens is 168 g/mol. The minimum atomic E-state index is 1.04. The Hall–Kier alpha value is 0. The van der Waals surface area contributed by atoms with E-state index in [1.807, 2.05) is 0 Å². The summed E-state index contributed by atoms with van der Waals surface area (Å²) in [6.45, 7) is 4.60. The Morgan fingerprint density at radius 1 is 0.929 bits per heavy atom. The highest BCUT2D eigenvalue weighted by Crippen LogP contribution is 2.44. The molecule has 0 spiro atoms. The molecule has 0 aromatic heterocycles. The van der Waals surface area contributed by atoms with E-state index in [1.165, 1.54) is 25.7 Å². The van der Waals surface area contributed by atoms with Gasteiger partial charge in [0.05, 0.1) is 0 Å². The Bertz CT molecular complexity index is 171. The van der Waals surface area contributed by atoms with Crippen molar-refractivity contribution >= 4 is 0 Å². The van der Waals surface area contributed by atoms with Gasteiger partial charge in [0, 0.05) is 0 Å². The van der Waals surface area contributed by atoms with E-state index >= 15 is 0 Å². The predicted octanol–water partition coefficient (Wildman–Crippen LogP) is 4.60. The van der Waals surface area contributed by atoms with Crippen LogP contribution in [0.3, 0.4) is 0 Å². The molecule has 0 bridgehead atoms. The average Bonchev–Trinajstić information content (AvgIpc) is 2.17. The van der Waals surface area contributed by atoms with Crippen LogP contribution in [-0.2, 0) is 0 Å². The Morgan fingerprint density at radius 3 is 2.36 bits per heavy atom. The van der Waals surface area contributed by atoms with Crippen molar-refractivity contribution in [1.29, 1.82) is 0 Å². The summed E-state index contributed by atoms with van der Waals surface area (Å²) in [6, 6.07) is 0. The van der Waals surface area contributed by atoms with Gasteiger partial charge in [-0.1, -0.05) is 46.0 Å². The zero-order chi connectivity index (χ0) is 9.97. The summed E-state index contributed by atoms with van der Waals surface area (Å²) in [7, 11) is 0. The standard InChI is InChI=1S/C14H25/c1-11(2)9-12-7-8-13-5-3-4-6-14(13)10-12/h12-14H,3-10H2,1-2H3. The molecule has 2 saturated carbocycles. The zero-order valence-corrected chi connectivity index (χ0v) is 9.89. The molecule has 81 valence electrons. The molecule has 0 aromatic carbocycles. The lowest BCUT2D eigenvalue weighted by molar-refractivity contribution is 0.127. The summed E-state index contributed by atoms with van der Waals surface area (Å²) in [5.74, 6) is 4.92. The maximum absolute atomic E-state index is 2.30. The second-order valence-electron chi connectivity index (χ2n) is 5.89. The van der Waals surface area contributed by atoms with Gasteiger partial charge in [-0.15, -0.1) is 0 Å². The number of hydrogen-bond donors (Lipinski definition) is 0. The molecule has 0 amide bonds. The van der Waals surface area contributed by atoms with Gasteiger partial charge < -0.3 is 0 Å². The molecule has 0 heterocycles. The van der Waals surface area contributed by atoms with E-state index < -0.39 is 0 Å². The fourth-order valence-electron chi connectivity index (χ4n) is 3.73. The van der Waals surface area contributed by atoms with Gasteiger partial charge in [-0.2, -0.15) is 0 Å². The third-order valence-corrected chi connectivity index (χ3v) is 4.35. The third-order valence-electron chi connectivity index (χ3n) is 4.35. The minimum absolute atomic E-state index is 1.04. The van der Waals surface area contributed by atoms with Crippen LogP contribution in [-0.4, -0.2) is 0 Å². The maximum atomic E-state index is 2.30. The van der Waals surface area contributed by atoms with Gasteiger partial charge in [-0.05, 0) is 42.9 Å². The summed E-state index contributed by atoms with van der Waals surface area (Å²) in [4.78, 5) is 0. The lowest BCUT2D eigenvalue weighted by Gasteiger charge is -2.39. The van der Waals surface area contributed by atoms with Crippen LogP contribution in [0.5, 0.6) is 0 Å². The molecule has 3 atom stereocenters. The van der Waals surface area contributed by atoms with E-state index in [4.69, 9.17) is 0 Å². The number of rotatable bonds is 2. The quantitative estimate of drug-likeness (QED) is 0.601. The Balaban J connectivity index is 1.83. The lowest BCUT2D eigenvalue weighted by Crippen LogP contribution is -2.28. The molecule has 0 aromatic rings.